The SMILES string of the molecule is O=C(Nc1ccc(Cl)cc1)c1cccc(C(=O)Nc2cccc(Cl)c2)n1. The molecule has 0 saturated heterocycles. The van der Waals surface area contributed by atoms with Crippen molar-refractivity contribution in [3.8, 4) is 0 Å². The molecule has 3 rings (SSSR count). The highest BCUT2D eigenvalue weighted by atomic mass is 35.5. The fraction of sp³-hybridized carbons (Fsp3) is 0. The zero-order chi connectivity index (χ0) is 18.5. The monoisotopic (exact) mass is 385 g/mol. The van der Waals surface area contributed by atoms with Gasteiger partial charge in [-0.2, -0.15) is 0 Å². The molecule has 130 valence electrons. The number of halogens is 2. The first-order valence-corrected chi connectivity index (χ1v) is 8.38. The van der Waals surface area contributed by atoms with Crippen molar-refractivity contribution in [2.45, 2.75) is 0 Å². The zero-order valence-corrected chi connectivity index (χ0v) is 14.9. The number of hydrogen-bond donors (Lipinski definition) is 2. The number of amides is 2. The van der Waals surface area contributed by atoms with E-state index in [0.717, 1.165) is 0 Å². The average Bonchev–Trinajstić information content (AvgIpc) is 2.64. The van der Waals surface area contributed by atoms with Crippen LogP contribution in [0.25, 0.3) is 0 Å². The van der Waals surface area contributed by atoms with Crippen LogP contribution in [0.3, 0.4) is 0 Å². The van der Waals surface area contributed by atoms with Crippen LogP contribution < -0.4 is 10.6 Å². The second kappa shape index (κ2) is 7.99. The Bertz CT molecular complexity index is 959. The second-order valence-corrected chi connectivity index (χ2v) is 6.21. The molecule has 0 atom stereocenters. The van der Waals surface area contributed by atoms with E-state index in [0.29, 0.717) is 21.4 Å². The summed E-state index contributed by atoms with van der Waals surface area (Å²) in [5.74, 6) is -0.863. The minimum Gasteiger partial charge on any atom is -0.321 e. The van der Waals surface area contributed by atoms with Gasteiger partial charge in [-0.05, 0) is 54.6 Å². The highest BCUT2D eigenvalue weighted by Gasteiger charge is 2.13. The molecule has 0 unspecified atom stereocenters. The molecule has 3 aromatic rings. The Kier molecular flexibility index (Phi) is 5.51. The van der Waals surface area contributed by atoms with Gasteiger partial charge in [-0.15, -0.1) is 0 Å². The summed E-state index contributed by atoms with van der Waals surface area (Å²) < 4.78 is 0. The molecule has 0 spiro atoms. The Morgan fingerprint density at radius 3 is 1.88 bits per heavy atom. The average molecular weight is 386 g/mol. The molecule has 2 amide bonds. The summed E-state index contributed by atoms with van der Waals surface area (Å²) in [5, 5.41) is 6.46. The van der Waals surface area contributed by atoms with Gasteiger partial charge in [-0.3, -0.25) is 9.59 Å². The number of nitrogens with zero attached hydrogens (tertiary/aromatic N) is 1. The summed E-state index contributed by atoms with van der Waals surface area (Å²) in [6, 6.07) is 18.1. The van der Waals surface area contributed by atoms with Crippen LogP contribution in [0.2, 0.25) is 10.0 Å². The van der Waals surface area contributed by atoms with E-state index < -0.39 is 11.8 Å². The van der Waals surface area contributed by atoms with Crippen LogP contribution in [0, 0.1) is 0 Å². The predicted molar refractivity (Wildman–Crippen MR) is 103 cm³/mol. The number of aromatic nitrogens is 1. The van der Waals surface area contributed by atoms with E-state index in [1.807, 2.05) is 0 Å². The standard InChI is InChI=1S/C19H13Cl2N3O2/c20-12-7-9-14(10-8-12)22-18(25)16-5-2-6-17(24-16)19(26)23-15-4-1-3-13(21)11-15/h1-11H,(H,22,25)(H,23,26). The number of rotatable bonds is 4. The summed E-state index contributed by atoms with van der Waals surface area (Å²) in [6.07, 6.45) is 0. The largest absolute Gasteiger partial charge is 0.321 e. The summed E-state index contributed by atoms with van der Waals surface area (Å²) in [5.41, 5.74) is 1.36. The van der Waals surface area contributed by atoms with E-state index in [1.165, 1.54) is 12.1 Å². The van der Waals surface area contributed by atoms with Crippen molar-refractivity contribution in [3.63, 3.8) is 0 Å². The number of hydrogen-bond acceptors (Lipinski definition) is 3. The maximum Gasteiger partial charge on any atom is 0.274 e. The van der Waals surface area contributed by atoms with Gasteiger partial charge >= 0.3 is 0 Å². The van der Waals surface area contributed by atoms with Gasteiger partial charge in [0.2, 0.25) is 0 Å². The van der Waals surface area contributed by atoms with Crippen LogP contribution in [-0.4, -0.2) is 16.8 Å². The van der Waals surface area contributed by atoms with Crippen molar-refractivity contribution in [1.29, 1.82) is 0 Å². The lowest BCUT2D eigenvalue weighted by atomic mass is 10.2. The molecule has 7 heteroatoms. The first-order valence-electron chi connectivity index (χ1n) is 7.62. The smallest absolute Gasteiger partial charge is 0.274 e. The lowest BCUT2D eigenvalue weighted by molar-refractivity contribution is 0.101. The first kappa shape index (κ1) is 17.9. The van der Waals surface area contributed by atoms with Gasteiger partial charge in [0.1, 0.15) is 11.4 Å². The maximum atomic E-state index is 12.3. The molecule has 5 nitrogen and oxygen atoms in total. The van der Waals surface area contributed by atoms with Crippen molar-refractivity contribution in [2.75, 3.05) is 10.6 Å². The quantitative estimate of drug-likeness (QED) is 0.671. The molecular formula is C19H13Cl2N3O2. The molecular weight excluding hydrogens is 373 g/mol. The highest BCUT2D eigenvalue weighted by molar-refractivity contribution is 6.31. The lowest BCUT2D eigenvalue weighted by Gasteiger charge is -2.08. The van der Waals surface area contributed by atoms with E-state index in [9.17, 15) is 9.59 Å². The molecule has 2 aromatic carbocycles. The molecule has 1 aromatic heterocycles. The van der Waals surface area contributed by atoms with Crippen molar-refractivity contribution >= 4 is 46.4 Å². The summed E-state index contributed by atoms with van der Waals surface area (Å²) in [7, 11) is 0. The predicted octanol–water partition coefficient (Wildman–Crippen LogP) is 4.89. The molecule has 1 heterocycles. The van der Waals surface area contributed by atoms with E-state index in [1.54, 1.807) is 54.6 Å². The van der Waals surface area contributed by atoms with E-state index in [-0.39, 0.29) is 11.4 Å². The van der Waals surface area contributed by atoms with Gasteiger partial charge in [0.05, 0.1) is 0 Å². The molecule has 0 saturated carbocycles. The Morgan fingerprint density at radius 2 is 1.27 bits per heavy atom. The van der Waals surface area contributed by atoms with Crippen LogP contribution >= 0.6 is 23.2 Å². The Morgan fingerprint density at radius 1 is 0.692 bits per heavy atom. The van der Waals surface area contributed by atoms with Gasteiger partial charge in [0, 0.05) is 21.4 Å². The van der Waals surface area contributed by atoms with E-state index in [4.69, 9.17) is 23.2 Å². The van der Waals surface area contributed by atoms with Gasteiger partial charge in [-0.1, -0.05) is 35.3 Å². The molecule has 0 aliphatic heterocycles. The van der Waals surface area contributed by atoms with Crippen LogP contribution in [0.5, 0.6) is 0 Å². The van der Waals surface area contributed by atoms with Gasteiger partial charge in [-0.25, -0.2) is 4.98 Å². The molecule has 0 aliphatic carbocycles. The number of carbonyl (C=O) groups excluding carboxylic acids is 2. The topological polar surface area (TPSA) is 71.1 Å². The van der Waals surface area contributed by atoms with Gasteiger partial charge in [0.25, 0.3) is 11.8 Å². The fourth-order valence-corrected chi connectivity index (χ4v) is 2.49. The molecule has 2 N–H and O–H groups in total. The minimum absolute atomic E-state index is 0.119. The van der Waals surface area contributed by atoms with Crippen LogP contribution in [0.4, 0.5) is 11.4 Å². The van der Waals surface area contributed by atoms with Crippen molar-refractivity contribution < 1.29 is 9.59 Å². The summed E-state index contributed by atoms with van der Waals surface area (Å²) >= 11 is 11.7. The Labute approximate surface area is 160 Å². The molecule has 0 fully saturated rings. The van der Waals surface area contributed by atoms with Crippen molar-refractivity contribution in [2.24, 2.45) is 0 Å². The molecule has 0 bridgehead atoms. The second-order valence-electron chi connectivity index (χ2n) is 5.33. The van der Waals surface area contributed by atoms with E-state index >= 15 is 0 Å². The Hall–Kier alpha value is -2.89. The fourth-order valence-electron chi connectivity index (χ4n) is 2.18. The minimum atomic E-state index is -0.437. The van der Waals surface area contributed by atoms with Gasteiger partial charge < -0.3 is 10.6 Å². The zero-order valence-electron chi connectivity index (χ0n) is 13.4. The van der Waals surface area contributed by atoms with Crippen LogP contribution in [-0.2, 0) is 0 Å². The summed E-state index contributed by atoms with van der Waals surface area (Å²) in [4.78, 5) is 28.8. The van der Waals surface area contributed by atoms with Crippen molar-refractivity contribution in [3.05, 3.63) is 88.2 Å². The highest BCUT2D eigenvalue weighted by Crippen LogP contribution is 2.16. The van der Waals surface area contributed by atoms with Crippen molar-refractivity contribution in [1.82, 2.24) is 4.98 Å². The number of nitrogens with one attached hydrogen (secondary N) is 2. The van der Waals surface area contributed by atoms with Crippen LogP contribution in [0.1, 0.15) is 21.0 Å². The normalized spacial score (nSPS) is 10.2. The third kappa shape index (κ3) is 4.59. The van der Waals surface area contributed by atoms with Crippen LogP contribution in [0.15, 0.2) is 66.7 Å². The number of benzene rings is 2. The van der Waals surface area contributed by atoms with E-state index in [2.05, 4.69) is 15.6 Å². The van der Waals surface area contributed by atoms with Gasteiger partial charge in [0.15, 0.2) is 0 Å². The maximum absolute atomic E-state index is 12.3. The number of anilines is 2. The lowest BCUT2D eigenvalue weighted by Crippen LogP contribution is -2.18. The number of carbonyl (C=O) groups is 2. The third-order valence-corrected chi connectivity index (χ3v) is 3.89. The molecule has 0 radical (unpaired) electrons. The Balaban J connectivity index is 1.73. The third-order valence-electron chi connectivity index (χ3n) is 3.40. The molecule has 26 heavy (non-hydrogen) atoms. The molecule has 0 aliphatic rings. The number of pyridine rings is 1. The summed E-state index contributed by atoms with van der Waals surface area (Å²) in [6.45, 7) is 0. The first-order chi connectivity index (χ1) is 12.5.